The van der Waals surface area contributed by atoms with Gasteiger partial charge in [0.25, 0.3) is 0 Å². The Bertz CT molecular complexity index is 457. The van der Waals surface area contributed by atoms with Gasteiger partial charge in [0.15, 0.2) is 5.85 Å². The van der Waals surface area contributed by atoms with Crippen molar-refractivity contribution in [3.05, 3.63) is 34.3 Å². The number of halogens is 1. The highest BCUT2D eigenvalue weighted by molar-refractivity contribution is 9.10. The summed E-state index contributed by atoms with van der Waals surface area (Å²) in [5, 5.41) is 10.4. The van der Waals surface area contributed by atoms with Gasteiger partial charge < -0.3 is 14.2 Å². The fourth-order valence-corrected chi connectivity index (χ4v) is 3.67. The Morgan fingerprint density at radius 3 is 1.86 bits per heavy atom. The Morgan fingerprint density at radius 2 is 1.48 bits per heavy atom. The monoisotopic (exact) mass is 378 g/mol. The first kappa shape index (κ1) is 18.9. The van der Waals surface area contributed by atoms with Gasteiger partial charge in [-0.1, -0.05) is 55.8 Å². The maximum Gasteiger partial charge on any atom is 0.363 e. The van der Waals surface area contributed by atoms with E-state index < -0.39 is 13.4 Å². The molecule has 4 nitrogen and oxygen atoms in total. The Balaban J connectivity index is 2.92. The van der Waals surface area contributed by atoms with Gasteiger partial charge in [0.1, 0.15) is 0 Å². The molecule has 0 saturated carbocycles. The third-order valence-corrected chi connectivity index (χ3v) is 5.09. The summed E-state index contributed by atoms with van der Waals surface area (Å²) in [6.45, 7) is 8.39. The Hall–Kier alpha value is -0.190. The van der Waals surface area contributed by atoms with E-state index in [1.54, 1.807) is 24.3 Å². The predicted molar refractivity (Wildman–Crippen MR) is 88.3 cm³/mol. The maximum absolute atomic E-state index is 12.9. The molecule has 0 amide bonds. The highest BCUT2D eigenvalue weighted by atomic mass is 79.9. The van der Waals surface area contributed by atoms with Gasteiger partial charge in [-0.05, 0) is 29.5 Å². The standard InChI is InChI=1S/C15H24BrO4P/c1-11(2)9-19-21(18,20-10-12(3)4)15(17)13-5-7-14(16)8-6-13/h5-8,11-12,15,17H,9-10H2,1-4H3/t15-/m0/s1. The lowest BCUT2D eigenvalue weighted by Gasteiger charge is -2.25. The topological polar surface area (TPSA) is 55.8 Å². The summed E-state index contributed by atoms with van der Waals surface area (Å²) in [5.74, 6) is -0.862. The number of aliphatic hydroxyl groups excluding tert-OH is 1. The second-order valence-electron chi connectivity index (χ2n) is 5.84. The van der Waals surface area contributed by atoms with Gasteiger partial charge in [0, 0.05) is 4.47 Å². The molecule has 21 heavy (non-hydrogen) atoms. The third kappa shape index (κ3) is 6.21. The summed E-state index contributed by atoms with van der Waals surface area (Å²) >= 11 is 3.33. The van der Waals surface area contributed by atoms with Crippen molar-refractivity contribution in [1.29, 1.82) is 0 Å². The molecule has 120 valence electrons. The van der Waals surface area contributed by atoms with E-state index in [1.165, 1.54) is 0 Å². The highest BCUT2D eigenvalue weighted by Crippen LogP contribution is 2.60. The molecule has 0 aromatic heterocycles. The summed E-state index contributed by atoms with van der Waals surface area (Å²) in [6.07, 6.45) is 0. The van der Waals surface area contributed by atoms with Crippen molar-refractivity contribution >= 4 is 23.5 Å². The molecule has 1 aromatic carbocycles. The molecular weight excluding hydrogens is 355 g/mol. The van der Waals surface area contributed by atoms with Gasteiger partial charge in [-0.2, -0.15) is 0 Å². The molecule has 0 spiro atoms. The Kier molecular flexibility index (Phi) is 7.58. The molecule has 0 heterocycles. The second kappa shape index (κ2) is 8.44. The summed E-state index contributed by atoms with van der Waals surface area (Å²) in [4.78, 5) is 0. The minimum absolute atomic E-state index is 0.207. The third-order valence-electron chi connectivity index (χ3n) is 2.64. The van der Waals surface area contributed by atoms with Crippen molar-refractivity contribution in [3.8, 4) is 0 Å². The van der Waals surface area contributed by atoms with Crippen molar-refractivity contribution in [2.24, 2.45) is 11.8 Å². The van der Waals surface area contributed by atoms with Crippen LogP contribution in [0.25, 0.3) is 0 Å². The van der Waals surface area contributed by atoms with Crippen molar-refractivity contribution in [1.82, 2.24) is 0 Å². The zero-order chi connectivity index (χ0) is 16.0. The molecule has 0 radical (unpaired) electrons. The van der Waals surface area contributed by atoms with Gasteiger partial charge in [0.2, 0.25) is 0 Å². The molecule has 1 aromatic rings. The van der Waals surface area contributed by atoms with Crippen molar-refractivity contribution in [3.63, 3.8) is 0 Å². The van der Waals surface area contributed by atoms with Gasteiger partial charge in [-0.3, -0.25) is 4.57 Å². The van der Waals surface area contributed by atoms with E-state index in [-0.39, 0.29) is 25.0 Å². The first-order valence-electron chi connectivity index (χ1n) is 7.07. The number of benzene rings is 1. The first-order valence-corrected chi connectivity index (χ1v) is 9.47. The maximum atomic E-state index is 12.9. The fourth-order valence-electron chi connectivity index (χ4n) is 1.50. The Labute approximate surface area is 135 Å². The highest BCUT2D eigenvalue weighted by Gasteiger charge is 2.36. The van der Waals surface area contributed by atoms with Gasteiger partial charge >= 0.3 is 7.60 Å². The van der Waals surface area contributed by atoms with Crippen LogP contribution >= 0.6 is 23.5 Å². The molecule has 1 rings (SSSR count). The van der Waals surface area contributed by atoms with Crippen LogP contribution in [0.3, 0.4) is 0 Å². The van der Waals surface area contributed by atoms with Crippen LogP contribution in [0.2, 0.25) is 0 Å². The normalized spacial score (nSPS) is 13.9. The van der Waals surface area contributed by atoms with Crippen LogP contribution in [0, 0.1) is 11.8 Å². The van der Waals surface area contributed by atoms with Crippen LogP contribution in [0.15, 0.2) is 28.7 Å². The minimum Gasteiger partial charge on any atom is -0.376 e. The van der Waals surface area contributed by atoms with E-state index in [9.17, 15) is 9.67 Å². The van der Waals surface area contributed by atoms with Crippen LogP contribution < -0.4 is 0 Å². The average Bonchev–Trinajstić information content (AvgIpc) is 2.43. The first-order chi connectivity index (χ1) is 9.74. The molecule has 0 unspecified atom stereocenters. The van der Waals surface area contributed by atoms with Gasteiger partial charge in [0.05, 0.1) is 13.2 Å². The largest absolute Gasteiger partial charge is 0.376 e. The molecule has 0 saturated heterocycles. The molecular formula is C15H24BrO4P. The lowest BCUT2D eigenvalue weighted by atomic mass is 10.2. The van der Waals surface area contributed by atoms with Crippen LogP contribution in [0.1, 0.15) is 39.1 Å². The quantitative estimate of drug-likeness (QED) is 0.648. The van der Waals surface area contributed by atoms with Crippen LogP contribution in [0.4, 0.5) is 0 Å². The molecule has 0 aliphatic rings. The number of rotatable bonds is 8. The molecule has 1 atom stereocenters. The molecule has 0 aliphatic heterocycles. The van der Waals surface area contributed by atoms with Crippen molar-refractivity contribution < 1.29 is 18.7 Å². The lowest BCUT2D eigenvalue weighted by molar-refractivity contribution is 0.124. The van der Waals surface area contributed by atoms with Crippen molar-refractivity contribution in [2.75, 3.05) is 13.2 Å². The summed E-state index contributed by atoms with van der Waals surface area (Å²) in [7, 11) is -3.61. The number of hydrogen-bond acceptors (Lipinski definition) is 4. The zero-order valence-electron chi connectivity index (χ0n) is 13.0. The second-order valence-corrected chi connectivity index (χ2v) is 8.85. The minimum atomic E-state index is -3.61. The van der Waals surface area contributed by atoms with Crippen LogP contribution in [-0.2, 0) is 13.6 Å². The molecule has 0 fully saturated rings. The molecule has 6 heteroatoms. The summed E-state index contributed by atoms with van der Waals surface area (Å²) in [5.41, 5.74) is 0.522. The van der Waals surface area contributed by atoms with Crippen LogP contribution in [0.5, 0.6) is 0 Å². The van der Waals surface area contributed by atoms with Crippen molar-refractivity contribution in [2.45, 2.75) is 33.5 Å². The smallest absolute Gasteiger partial charge is 0.363 e. The molecule has 0 bridgehead atoms. The molecule has 1 N–H and O–H groups in total. The van der Waals surface area contributed by atoms with E-state index in [0.29, 0.717) is 5.56 Å². The predicted octanol–water partition coefficient (Wildman–Crippen LogP) is 4.98. The zero-order valence-corrected chi connectivity index (χ0v) is 15.4. The van der Waals surface area contributed by atoms with E-state index in [2.05, 4.69) is 15.9 Å². The summed E-state index contributed by atoms with van der Waals surface area (Å²) in [6, 6.07) is 6.99. The van der Waals surface area contributed by atoms with Crippen LogP contribution in [-0.4, -0.2) is 18.3 Å². The summed E-state index contributed by atoms with van der Waals surface area (Å²) < 4.78 is 24.7. The number of hydrogen-bond donors (Lipinski definition) is 1. The van der Waals surface area contributed by atoms with E-state index >= 15 is 0 Å². The van der Waals surface area contributed by atoms with E-state index in [1.807, 2.05) is 27.7 Å². The van der Waals surface area contributed by atoms with E-state index in [4.69, 9.17) is 9.05 Å². The Morgan fingerprint density at radius 1 is 1.05 bits per heavy atom. The molecule has 0 aliphatic carbocycles. The van der Waals surface area contributed by atoms with E-state index in [0.717, 1.165) is 4.47 Å². The SMILES string of the molecule is CC(C)COP(=O)(OCC(C)C)[C@H](O)c1ccc(Br)cc1. The number of aliphatic hydroxyl groups is 1. The van der Waals surface area contributed by atoms with Gasteiger partial charge in [-0.15, -0.1) is 0 Å². The lowest BCUT2D eigenvalue weighted by Crippen LogP contribution is -2.11. The fraction of sp³-hybridized carbons (Fsp3) is 0.600. The van der Waals surface area contributed by atoms with Gasteiger partial charge in [-0.25, -0.2) is 0 Å². The average molecular weight is 379 g/mol.